The molecular weight excluding hydrogens is 364 g/mol. The number of esters is 1. The lowest BCUT2D eigenvalue weighted by atomic mass is 9.75. The number of hydrogen-bond donors (Lipinski definition) is 3. The van der Waals surface area contributed by atoms with Crippen LogP contribution in [0.4, 0.5) is 0 Å². The lowest BCUT2D eigenvalue weighted by molar-refractivity contribution is 0.0215. The number of hydrogen-bond acceptors (Lipinski definition) is 6. The molecule has 1 unspecified atom stereocenters. The topological polar surface area (TPSA) is 113 Å². The number of carbonyl (C=O) groups excluding carboxylic acids is 1. The minimum atomic E-state index is -1.58. The summed E-state index contributed by atoms with van der Waals surface area (Å²) < 4.78 is 11.6. The number of phenolic OH excluding ortho intramolecular Hbond substituents is 2. The summed E-state index contributed by atoms with van der Waals surface area (Å²) in [5, 5.41) is 29.6. The molecule has 0 saturated carbocycles. The molecule has 3 N–H and O–H groups in total. The van der Waals surface area contributed by atoms with Gasteiger partial charge in [-0.25, -0.2) is 9.59 Å². The average Bonchev–Trinajstić information content (AvgIpc) is 2.94. The Morgan fingerprint density at radius 3 is 2.43 bits per heavy atom. The van der Waals surface area contributed by atoms with Crippen molar-refractivity contribution in [2.75, 3.05) is 0 Å². The number of rotatable bonds is 1. The van der Waals surface area contributed by atoms with Gasteiger partial charge in [-0.3, -0.25) is 0 Å². The third-order valence-corrected chi connectivity index (χ3v) is 5.01. The number of aromatic hydroxyl groups is 2. The monoisotopic (exact) mass is 376 g/mol. The van der Waals surface area contributed by atoms with Gasteiger partial charge in [0.2, 0.25) is 0 Å². The van der Waals surface area contributed by atoms with Crippen molar-refractivity contribution < 1.29 is 34.4 Å². The van der Waals surface area contributed by atoms with Gasteiger partial charge in [0.05, 0.1) is 16.7 Å². The Hall–Kier alpha value is -4.00. The molecular formula is C21H12O7. The Labute approximate surface area is 158 Å². The molecule has 0 aliphatic carbocycles. The van der Waals surface area contributed by atoms with E-state index in [1.807, 2.05) is 0 Å². The van der Waals surface area contributed by atoms with Crippen LogP contribution >= 0.6 is 0 Å². The molecule has 0 fully saturated rings. The zero-order chi connectivity index (χ0) is 19.6. The van der Waals surface area contributed by atoms with E-state index in [0.717, 1.165) is 6.07 Å². The molecule has 0 bridgehead atoms. The van der Waals surface area contributed by atoms with Gasteiger partial charge >= 0.3 is 11.9 Å². The zero-order valence-electron chi connectivity index (χ0n) is 14.2. The van der Waals surface area contributed by atoms with Crippen molar-refractivity contribution in [2.24, 2.45) is 0 Å². The molecule has 7 nitrogen and oxygen atoms in total. The molecule has 1 spiro atoms. The first-order valence-corrected chi connectivity index (χ1v) is 8.37. The van der Waals surface area contributed by atoms with Gasteiger partial charge in [-0.05, 0) is 24.3 Å². The first-order chi connectivity index (χ1) is 13.4. The minimum Gasteiger partial charge on any atom is -0.508 e. The predicted molar refractivity (Wildman–Crippen MR) is 95.0 cm³/mol. The fourth-order valence-corrected chi connectivity index (χ4v) is 3.96. The fourth-order valence-electron chi connectivity index (χ4n) is 3.96. The maximum atomic E-state index is 12.7. The second-order valence-electron chi connectivity index (χ2n) is 6.57. The number of carboxylic acids is 1. The van der Waals surface area contributed by atoms with Crippen LogP contribution in [0.5, 0.6) is 23.0 Å². The molecule has 3 aromatic carbocycles. The third kappa shape index (κ3) is 1.92. The molecule has 0 aromatic heterocycles. The lowest BCUT2D eigenvalue weighted by Crippen LogP contribution is -2.35. The first-order valence-electron chi connectivity index (χ1n) is 8.37. The van der Waals surface area contributed by atoms with Crippen LogP contribution in [0, 0.1) is 0 Å². The number of phenols is 2. The van der Waals surface area contributed by atoms with E-state index >= 15 is 0 Å². The number of carboxylic acid groups (broad SMARTS) is 1. The molecule has 0 radical (unpaired) electrons. The molecule has 1 atom stereocenters. The maximum Gasteiger partial charge on any atom is 0.340 e. The highest BCUT2D eigenvalue weighted by Gasteiger charge is 2.55. The van der Waals surface area contributed by atoms with Crippen LogP contribution in [0.2, 0.25) is 0 Å². The van der Waals surface area contributed by atoms with Gasteiger partial charge in [-0.2, -0.15) is 0 Å². The van der Waals surface area contributed by atoms with Crippen LogP contribution in [0.3, 0.4) is 0 Å². The van der Waals surface area contributed by atoms with Gasteiger partial charge in [-0.15, -0.1) is 0 Å². The Kier molecular flexibility index (Phi) is 3.04. The van der Waals surface area contributed by atoms with Crippen molar-refractivity contribution in [3.63, 3.8) is 0 Å². The summed E-state index contributed by atoms with van der Waals surface area (Å²) in [6.45, 7) is 0. The Morgan fingerprint density at radius 1 is 0.893 bits per heavy atom. The van der Waals surface area contributed by atoms with Gasteiger partial charge in [0.25, 0.3) is 0 Å². The highest BCUT2D eigenvalue weighted by Crippen LogP contribution is 2.58. The van der Waals surface area contributed by atoms with E-state index in [-0.39, 0.29) is 34.1 Å². The minimum absolute atomic E-state index is 0.0278. The van der Waals surface area contributed by atoms with Crippen molar-refractivity contribution in [1.29, 1.82) is 0 Å². The van der Waals surface area contributed by atoms with Crippen LogP contribution in [0.1, 0.15) is 37.4 Å². The summed E-state index contributed by atoms with van der Waals surface area (Å²) in [6, 6.07) is 13.3. The first kappa shape index (κ1) is 16.2. The number of benzene rings is 3. The maximum absolute atomic E-state index is 12.7. The van der Waals surface area contributed by atoms with Gasteiger partial charge in [0.1, 0.15) is 23.0 Å². The van der Waals surface area contributed by atoms with Gasteiger partial charge in [-0.1, -0.05) is 18.2 Å². The fraction of sp³-hybridized carbons (Fsp3) is 0.0476. The van der Waals surface area contributed by atoms with Crippen molar-refractivity contribution in [2.45, 2.75) is 5.60 Å². The van der Waals surface area contributed by atoms with E-state index in [2.05, 4.69) is 0 Å². The van der Waals surface area contributed by atoms with Crippen molar-refractivity contribution in [3.05, 3.63) is 82.4 Å². The van der Waals surface area contributed by atoms with E-state index in [9.17, 15) is 24.9 Å². The SMILES string of the molecule is O=C1OC2(c3ccc(O)cc3Oc3cc(O)cc(C(=O)O)c32)c2ccccc21. The van der Waals surface area contributed by atoms with Crippen LogP contribution in [0.15, 0.2) is 54.6 Å². The van der Waals surface area contributed by atoms with E-state index < -0.39 is 17.5 Å². The highest BCUT2D eigenvalue weighted by molar-refractivity contribution is 5.99. The summed E-state index contributed by atoms with van der Waals surface area (Å²) in [5.74, 6) is -2.08. The van der Waals surface area contributed by atoms with E-state index in [0.29, 0.717) is 16.7 Å². The Bertz CT molecular complexity index is 1200. The molecule has 7 heteroatoms. The van der Waals surface area contributed by atoms with Crippen molar-refractivity contribution >= 4 is 11.9 Å². The van der Waals surface area contributed by atoms with E-state index in [1.54, 1.807) is 24.3 Å². The van der Waals surface area contributed by atoms with Crippen molar-refractivity contribution in [1.82, 2.24) is 0 Å². The summed E-state index contributed by atoms with van der Waals surface area (Å²) >= 11 is 0. The normalized spacial score (nSPS) is 18.6. The lowest BCUT2D eigenvalue weighted by Gasteiger charge is -2.37. The molecule has 138 valence electrons. The second-order valence-corrected chi connectivity index (χ2v) is 6.57. The molecule has 28 heavy (non-hydrogen) atoms. The molecule has 3 aromatic rings. The standard InChI is InChI=1S/C21H12O7/c22-10-5-6-15-16(8-10)27-17-9-11(23)7-13(19(24)25)18(17)21(15)14-4-2-1-3-12(14)20(26)28-21/h1-9,22-23H,(H,24,25). The van der Waals surface area contributed by atoms with Crippen molar-refractivity contribution in [3.8, 4) is 23.0 Å². The van der Waals surface area contributed by atoms with Crippen LogP contribution in [-0.4, -0.2) is 27.3 Å². The summed E-state index contributed by atoms with van der Waals surface area (Å²) in [4.78, 5) is 24.6. The molecule has 2 aliphatic rings. The third-order valence-electron chi connectivity index (χ3n) is 5.01. The zero-order valence-corrected chi connectivity index (χ0v) is 14.2. The molecule has 2 heterocycles. The predicted octanol–water partition coefficient (Wildman–Crippen LogP) is 3.36. The highest BCUT2D eigenvalue weighted by atomic mass is 16.6. The quantitative estimate of drug-likeness (QED) is 0.558. The average molecular weight is 376 g/mol. The number of aromatic carboxylic acids is 1. The molecule has 2 aliphatic heterocycles. The Morgan fingerprint density at radius 2 is 1.64 bits per heavy atom. The molecule has 0 amide bonds. The molecule has 0 saturated heterocycles. The smallest absolute Gasteiger partial charge is 0.340 e. The van der Waals surface area contributed by atoms with Crippen LogP contribution in [0.25, 0.3) is 0 Å². The number of carbonyl (C=O) groups is 2. The van der Waals surface area contributed by atoms with Gasteiger partial charge in [0, 0.05) is 23.3 Å². The second kappa shape index (κ2) is 5.26. The van der Waals surface area contributed by atoms with E-state index in [1.165, 1.54) is 24.3 Å². The Balaban J connectivity index is 1.97. The number of ether oxygens (including phenoxy) is 2. The molecule has 5 rings (SSSR count). The number of fused-ring (bicyclic) bond motifs is 6. The van der Waals surface area contributed by atoms with Gasteiger partial charge in [0.15, 0.2) is 5.60 Å². The largest absolute Gasteiger partial charge is 0.508 e. The van der Waals surface area contributed by atoms with Gasteiger partial charge < -0.3 is 24.8 Å². The van der Waals surface area contributed by atoms with Crippen LogP contribution in [-0.2, 0) is 10.3 Å². The summed E-state index contributed by atoms with van der Waals surface area (Å²) in [6.07, 6.45) is 0. The van der Waals surface area contributed by atoms with E-state index in [4.69, 9.17) is 9.47 Å². The van der Waals surface area contributed by atoms with Crippen LogP contribution < -0.4 is 4.74 Å². The summed E-state index contributed by atoms with van der Waals surface area (Å²) in [5.41, 5.74) is -0.577. The summed E-state index contributed by atoms with van der Waals surface area (Å²) in [7, 11) is 0.